The van der Waals surface area contributed by atoms with Gasteiger partial charge in [0.05, 0.1) is 5.69 Å². The second-order valence-electron chi connectivity index (χ2n) is 5.87. The summed E-state index contributed by atoms with van der Waals surface area (Å²) in [6.07, 6.45) is 4.14. The van der Waals surface area contributed by atoms with Crippen LogP contribution in [0.15, 0.2) is 48.7 Å². The summed E-state index contributed by atoms with van der Waals surface area (Å²) in [4.78, 5) is 6.67. The second-order valence-corrected chi connectivity index (χ2v) is 5.87. The monoisotopic (exact) mass is 299 g/mol. The van der Waals surface area contributed by atoms with E-state index in [0.717, 1.165) is 37.3 Å². The number of rotatable bonds is 5. The fourth-order valence-electron chi connectivity index (χ4n) is 2.98. The maximum Gasteiger partial charge on any atom is 0.127 e. The molecule has 0 bridgehead atoms. The molecule has 2 heterocycles. The van der Waals surface area contributed by atoms with Crippen LogP contribution in [0.5, 0.6) is 0 Å². The minimum atomic E-state index is -0.105. The zero-order valence-corrected chi connectivity index (χ0v) is 12.7. The highest BCUT2D eigenvalue weighted by Crippen LogP contribution is 2.16. The molecule has 0 radical (unpaired) electrons. The van der Waals surface area contributed by atoms with Crippen LogP contribution in [0, 0.1) is 5.82 Å². The largest absolute Gasteiger partial charge is 0.307 e. The van der Waals surface area contributed by atoms with E-state index in [2.05, 4.69) is 15.2 Å². The van der Waals surface area contributed by atoms with Gasteiger partial charge in [-0.25, -0.2) is 4.39 Å². The molecule has 1 fully saturated rings. The fraction of sp³-hybridized carbons (Fsp3) is 0.389. The number of nitrogens with zero attached hydrogens (tertiary/aromatic N) is 2. The highest BCUT2D eigenvalue weighted by atomic mass is 19.1. The first kappa shape index (κ1) is 15.1. The predicted molar refractivity (Wildman–Crippen MR) is 85.8 cm³/mol. The number of aromatic nitrogens is 1. The number of nitrogens with one attached hydrogen (secondary N) is 1. The van der Waals surface area contributed by atoms with Crippen LogP contribution >= 0.6 is 0 Å². The van der Waals surface area contributed by atoms with E-state index < -0.39 is 0 Å². The molecule has 1 aromatic heterocycles. The van der Waals surface area contributed by atoms with Crippen molar-refractivity contribution in [1.82, 2.24) is 15.2 Å². The van der Waals surface area contributed by atoms with Crippen LogP contribution in [-0.2, 0) is 13.1 Å². The van der Waals surface area contributed by atoms with Crippen LogP contribution in [-0.4, -0.2) is 29.0 Å². The molecular weight excluding hydrogens is 277 g/mol. The summed E-state index contributed by atoms with van der Waals surface area (Å²) < 4.78 is 13.8. The maximum absolute atomic E-state index is 13.8. The molecule has 1 aliphatic rings. The Labute approximate surface area is 131 Å². The Morgan fingerprint density at radius 3 is 2.86 bits per heavy atom. The highest BCUT2D eigenvalue weighted by Gasteiger charge is 2.20. The van der Waals surface area contributed by atoms with Gasteiger partial charge >= 0.3 is 0 Å². The lowest BCUT2D eigenvalue weighted by molar-refractivity contribution is 0.180. The summed E-state index contributed by atoms with van der Waals surface area (Å²) >= 11 is 0. The molecule has 1 aromatic carbocycles. The number of halogens is 1. The molecule has 0 unspecified atom stereocenters. The maximum atomic E-state index is 13.8. The Kier molecular flexibility index (Phi) is 5.14. The van der Waals surface area contributed by atoms with Crippen molar-refractivity contribution in [1.29, 1.82) is 0 Å². The van der Waals surface area contributed by atoms with Gasteiger partial charge in [-0.3, -0.25) is 9.88 Å². The third kappa shape index (κ3) is 4.12. The van der Waals surface area contributed by atoms with Crippen LogP contribution in [0.3, 0.4) is 0 Å². The molecule has 1 atom stereocenters. The Balaban J connectivity index is 1.52. The molecule has 0 saturated carbocycles. The average Bonchev–Trinajstić information content (AvgIpc) is 2.57. The average molecular weight is 299 g/mol. The Bertz CT molecular complexity index is 588. The highest BCUT2D eigenvalue weighted by molar-refractivity contribution is 5.17. The summed E-state index contributed by atoms with van der Waals surface area (Å²) in [7, 11) is 0. The lowest BCUT2D eigenvalue weighted by Crippen LogP contribution is -2.45. The van der Waals surface area contributed by atoms with Crippen molar-refractivity contribution < 1.29 is 4.39 Å². The van der Waals surface area contributed by atoms with Gasteiger partial charge in [-0.2, -0.15) is 0 Å². The van der Waals surface area contributed by atoms with Crippen LogP contribution in [0.1, 0.15) is 24.1 Å². The molecule has 3 nitrogen and oxygen atoms in total. The zero-order chi connectivity index (χ0) is 15.2. The van der Waals surface area contributed by atoms with Gasteiger partial charge in [-0.15, -0.1) is 0 Å². The quantitative estimate of drug-likeness (QED) is 0.920. The van der Waals surface area contributed by atoms with E-state index >= 15 is 0 Å². The first-order valence-corrected chi connectivity index (χ1v) is 7.90. The number of likely N-dealkylation sites (tertiary alicyclic amines) is 1. The molecule has 2 aromatic rings. The van der Waals surface area contributed by atoms with E-state index in [1.165, 1.54) is 12.5 Å². The van der Waals surface area contributed by atoms with Gasteiger partial charge in [-0.1, -0.05) is 24.3 Å². The normalized spacial score (nSPS) is 19.2. The third-order valence-electron chi connectivity index (χ3n) is 4.16. The first-order chi connectivity index (χ1) is 10.8. The fourth-order valence-corrected chi connectivity index (χ4v) is 2.98. The SMILES string of the molecule is Fc1ccccc1CN1CCC[C@H](NCc2ccccn2)C1. The topological polar surface area (TPSA) is 28.2 Å². The van der Waals surface area contributed by atoms with Crippen LogP contribution in [0.25, 0.3) is 0 Å². The van der Waals surface area contributed by atoms with E-state index in [4.69, 9.17) is 0 Å². The lowest BCUT2D eigenvalue weighted by atomic mass is 10.0. The van der Waals surface area contributed by atoms with Crippen LogP contribution in [0.2, 0.25) is 0 Å². The molecule has 1 aliphatic heterocycles. The van der Waals surface area contributed by atoms with Gasteiger partial charge in [0, 0.05) is 37.4 Å². The van der Waals surface area contributed by atoms with Gasteiger partial charge in [0.15, 0.2) is 0 Å². The van der Waals surface area contributed by atoms with Gasteiger partial charge in [0.1, 0.15) is 5.82 Å². The summed E-state index contributed by atoms with van der Waals surface area (Å²) in [5.41, 5.74) is 1.85. The van der Waals surface area contributed by atoms with Gasteiger partial charge < -0.3 is 5.32 Å². The number of hydrogen-bond acceptors (Lipinski definition) is 3. The van der Waals surface area contributed by atoms with Crippen LogP contribution < -0.4 is 5.32 Å². The molecule has 1 N–H and O–H groups in total. The van der Waals surface area contributed by atoms with Crippen LogP contribution in [0.4, 0.5) is 4.39 Å². The zero-order valence-electron chi connectivity index (χ0n) is 12.7. The minimum Gasteiger partial charge on any atom is -0.307 e. The minimum absolute atomic E-state index is 0.105. The summed E-state index contributed by atoms with van der Waals surface area (Å²) in [5.74, 6) is -0.105. The predicted octanol–water partition coefficient (Wildman–Crippen LogP) is 2.97. The van der Waals surface area contributed by atoms with Gasteiger partial charge in [0.2, 0.25) is 0 Å². The Hall–Kier alpha value is -1.78. The number of benzene rings is 1. The summed E-state index contributed by atoms with van der Waals surface area (Å²) in [5, 5.41) is 3.57. The molecule has 4 heteroatoms. The molecule has 116 valence electrons. The number of piperidine rings is 1. The van der Waals surface area contributed by atoms with E-state index in [-0.39, 0.29) is 5.82 Å². The first-order valence-electron chi connectivity index (χ1n) is 7.90. The third-order valence-corrected chi connectivity index (χ3v) is 4.16. The van der Waals surface area contributed by atoms with Crippen molar-refractivity contribution in [3.05, 3.63) is 65.7 Å². The van der Waals surface area contributed by atoms with Crippen molar-refractivity contribution in [2.75, 3.05) is 13.1 Å². The molecule has 0 aliphatic carbocycles. The lowest BCUT2D eigenvalue weighted by Gasteiger charge is -2.33. The standard InChI is InChI=1S/C18H22FN3/c19-18-9-2-1-6-15(18)13-22-11-5-8-17(14-22)21-12-16-7-3-4-10-20-16/h1-4,6-7,9-10,17,21H,5,8,11-14H2/t17-/m0/s1. The molecule has 1 saturated heterocycles. The van der Waals surface area contributed by atoms with Gasteiger partial charge in [-0.05, 0) is 37.6 Å². The Morgan fingerprint density at radius 1 is 1.18 bits per heavy atom. The second kappa shape index (κ2) is 7.47. The molecule has 22 heavy (non-hydrogen) atoms. The smallest absolute Gasteiger partial charge is 0.127 e. The number of pyridine rings is 1. The van der Waals surface area contributed by atoms with E-state index in [9.17, 15) is 4.39 Å². The van der Waals surface area contributed by atoms with Crippen molar-refractivity contribution in [3.8, 4) is 0 Å². The Morgan fingerprint density at radius 2 is 2.05 bits per heavy atom. The van der Waals surface area contributed by atoms with E-state index in [0.29, 0.717) is 12.6 Å². The van der Waals surface area contributed by atoms with E-state index in [1.54, 1.807) is 6.07 Å². The molecule has 3 rings (SSSR count). The molecular formula is C18H22FN3. The van der Waals surface area contributed by atoms with Gasteiger partial charge in [0.25, 0.3) is 0 Å². The van der Waals surface area contributed by atoms with Crippen molar-refractivity contribution in [2.24, 2.45) is 0 Å². The molecule has 0 spiro atoms. The molecule has 0 amide bonds. The summed E-state index contributed by atoms with van der Waals surface area (Å²) in [6.45, 7) is 3.48. The van der Waals surface area contributed by atoms with Crippen molar-refractivity contribution in [3.63, 3.8) is 0 Å². The number of hydrogen-bond donors (Lipinski definition) is 1. The van der Waals surface area contributed by atoms with Crippen molar-refractivity contribution in [2.45, 2.75) is 32.0 Å². The summed E-state index contributed by atoms with van der Waals surface area (Å²) in [6, 6.07) is 13.5. The van der Waals surface area contributed by atoms with E-state index in [1.807, 2.05) is 36.5 Å². The van der Waals surface area contributed by atoms with Crippen molar-refractivity contribution >= 4 is 0 Å².